The summed E-state index contributed by atoms with van der Waals surface area (Å²) < 4.78 is 0. The van der Waals surface area contributed by atoms with Crippen LogP contribution in [0, 0.1) is 73.9 Å². The Morgan fingerprint density at radius 1 is 0.727 bits per heavy atom. The molecule has 0 saturated heterocycles. The van der Waals surface area contributed by atoms with E-state index in [2.05, 4.69) is 20.6 Å². The molecule has 12 nitrogen and oxygen atoms in total. The fourth-order valence-corrected chi connectivity index (χ4v) is 5.67. The maximum atomic E-state index is 11.4. The zero-order valence-electron chi connectivity index (χ0n) is 22.2. The van der Waals surface area contributed by atoms with Crippen LogP contribution in [0.3, 0.4) is 0 Å². The van der Waals surface area contributed by atoms with Crippen molar-refractivity contribution in [2.24, 2.45) is 0 Å². The number of rotatable bonds is 4. The van der Waals surface area contributed by atoms with Crippen molar-refractivity contribution in [3.05, 3.63) is 147 Å². The van der Waals surface area contributed by atoms with Crippen molar-refractivity contribution in [3.63, 3.8) is 0 Å². The lowest BCUT2D eigenvalue weighted by Crippen LogP contribution is -2.24. The van der Waals surface area contributed by atoms with Gasteiger partial charge in [0, 0.05) is 41.5 Å². The maximum absolute atomic E-state index is 11.4. The Bertz CT molecular complexity index is 2130. The van der Waals surface area contributed by atoms with Crippen LogP contribution in [0.25, 0.3) is 48.1 Å². The molecule has 0 aromatic heterocycles. The van der Waals surface area contributed by atoms with Gasteiger partial charge in [0.15, 0.2) is 5.70 Å². The predicted molar refractivity (Wildman–Crippen MR) is 155 cm³/mol. The average Bonchev–Trinajstić information content (AvgIpc) is 3.59. The highest BCUT2D eigenvalue weighted by Crippen LogP contribution is 2.40. The van der Waals surface area contributed by atoms with Gasteiger partial charge in [0.1, 0.15) is 36.9 Å². The molecule has 0 fully saturated rings. The summed E-state index contributed by atoms with van der Waals surface area (Å²) in [6.07, 6.45) is -0.134. The first-order chi connectivity index (χ1) is 21.2. The molecule has 0 spiro atoms. The molecule has 3 aromatic carbocycles. The number of nitrogens with zero attached hydrogens (tertiary/aromatic N) is 8. The monoisotopic (exact) mass is 572 g/mol. The van der Waals surface area contributed by atoms with Gasteiger partial charge >= 0.3 is 5.82 Å². The smallest absolute Gasteiger partial charge is 0.258 e. The molecule has 0 unspecified atom stereocenters. The second-order valence-corrected chi connectivity index (χ2v) is 9.47. The van der Waals surface area contributed by atoms with Gasteiger partial charge in [-0.3, -0.25) is 20.2 Å². The van der Waals surface area contributed by atoms with Crippen LogP contribution >= 0.6 is 0 Å². The minimum atomic E-state index is -0.570. The standard InChI is InChI=1S/C32H12N8O4/c1-36-31-25(32(37-2)38-3)13-24-27(17-4-8-20(9-5-17)39(41)42)29-23(12-22(26(29)16-35)19(14-33)15-34)28(30(24)31)18-6-10-21(11-7-18)40(43)44/h4-11H,12-13H2. The molecular weight excluding hydrogens is 560 g/mol. The van der Waals surface area contributed by atoms with Gasteiger partial charge in [-0.15, -0.1) is 0 Å². The number of fused-ring (bicyclic) bond motifs is 2. The number of nitro benzene ring substituents is 2. The Kier molecular flexibility index (Phi) is 6.97. The fraction of sp³-hybridized carbons (Fsp3) is 0.0625. The summed E-state index contributed by atoms with van der Waals surface area (Å²) in [6.45, 7) is 23.2. The minimum Gasteiger partial charge on any atom is -0.258 e. The molecule has 0 aliphatic heterocycles. The topological polar surface area (TPSA) is 171 Å². The minimum absolute atomic E-state index is 0.0121. The first-order valence-electron chi connectivity index (χ1n) is 12.5. The van der Waals surface area contributed by atoms with Crippen molar-refractivity contribution < 1.29 is 9.85 Å². The summed E-state index contributed by atoms with van der Waals surface area (Å²) >= 11 is 0. The number of nitro groups is 2. The van der Waals surface area contributed by atoms with Crippen LogP contribution in [0.1, 0.15) is 11.1 Å². The number of benzene rings is 3. The van der Waals surface area contributed by atoms with E-state index < -0.39 is 9.85 Å². The Labute approximate surface area is 248 Å². The average molecular weight is 573 g/mol. The lowest BCUT2D eigenvalue weighted by atomic mass is 9.87. The van der Waals surface area contributed by atoms with Crippen LogP contribution in [-0.2, 0) is 12.8 Å². The Morgan fingerprint density at radius 3 is 1.59 bits per heavy atom. The van der Waals surface area contributed by atoms with E-state index in [0.29, 0.717) is 43.8 Å². The molecule has 2 aliphatic carbocycles. The molecule has 0 bridgehead atoms. The second-order valence-electron chi connectivity index (χ2n) is 9.47. The van der Waals surface area contributed by atoms with E-state index >= 15 is 0 Å². The molecule has 0 saturated carbocycles. The zero-order chi connectivity index (χ0) is 31.7. The SMILES string of the molecule is [C-]#[N+]C([N+]#[C-])=C1Cc2c(-c3ccc([N+](=O)[O-])cc3)c3c(c(-c4ccc([N+](=O)[O-])cc4)c2=C1[N+]#[C-])CC(=C(C#N)C#N)C=3C#N. The van der Waals surface area contributed by atoms with Crippen molar-refractivity contribution in [2.45, 2.75) is 12.8 Å². The summed E-state index contributed by atoms with van der Waals surface area (Å²) in [7, 11) is 0. The molecule has 0 heterocycles. The van der Waals surface area contributed by atoms with Crippen LogP contribution in [0.5, 0.6) is 0 Å². The molecule has 12 heteroatoms. The van der Waals surface area contributed by atoms with Gasteiger partial charge in [-0.05, 0) is 69.3 Å². The quantitative estimate of drug-likeness (QED) is 0.182. The van der Waals surface area contributed by atoms with Crippen LogP contribution in [0.4, 0.5) is 11.4 Å². The molecule has 0 atom stereocenters. The van der Waals surface area contributed by atoms with Gasteiger partial charge in [-0.2, -0.15) is 25.5 Å². The summed E-state index contributed by atoms with van der Waals surface area (Å²) in [6, 6.07) is 16.8. The van der Waals surface area contributed by atoms with Gasteiger partial charge < -0.3 is 0 Å². The first kappa shape index (κ1) is 28.2. The van der Waals surface area contributed by atoms with Crippen molar-refractivity contribution in [1.82, 2.24) is 0 Å². The second kappa shape index (κ2) is 10.9. The predicted octanol–water partition coefficient (Wildman–Crippen LogP) is 5.04. The molecule has 44 heavy (non-hydrogen) atoms. The third kappa shape index (κ3) is 4.19. The van der Waals surface area contributed by atoms with Crippen molar-refractivity contribution in [2.75, 3.05) is 0 Å². The van der Waals surface area contributed by atoms with E-state index in [0.717, 1.165) is 0 Å². The van der Waals surface area contributed by atoms with Crippen LogP contribution in [0.2, 0.25) is 0 Å². The molecule has 0 amide bonds. The Morgan fingerprint density at radius 2 is 1.18 bits per heavy atom. The van der Waals surface area contributed by atoms with E-state index in [1.165, 1.54) is 48.5 Å². The number of non-ortho nitro benzene ring substituents is 2. The third-order valence-electron chi connectivity index (χ3n) is 7.45. The normalized spacial score (nSPS) is 12.4. The lowest BCUT2D eigenvalue weighted by molar-refractivity contribution is -0.385. The highest BCUT2D eigenvalue weighted by Gasteiger charge is 2.36. The Hall–Kier alpha value is -7.38. The van der Waals surface area contributed by atoms with Crippen molar-refractivity contribution >= 4 is 22.6 Å². The first-order valence-corrected chi connectivity index (χ1v) is 12.5. The van der Waals surface area contributed by atoms with Gasteiger partial charge in [0.05, 0.1) is 27.6 Å². The fourth-order valence-electron chi connectivity index (χ4n) is 5.67. The van der Waals surface area contributed by atoms with Crippen molar-refractivity contribution in [3.8, 4) is 40.5 Å². The zero-order valence-corrected chi connectivity index (χ0v) is 22.2. The number of allylic oxidation sites excluding steroid dienone is 2. The van der Waals surface area contributed by atoms with Gasteiger partial charge in [-0.1, -0.05) is 0 Å². The molecule has 0 radical (unpaired) electrons. The molecule has 3 aromatic rings. The summed E-state index contributed by atoms with van der Waals surface area (Å²) in [5, 5.41) is 53.3. The Balaban J connectivity index is 2.10. The van der Waals surface area contributed by atoms with E-state index in [4.69, 9.17) is 19.7 Å². The van der Waals surface area contributed by atoms with Crippen molar-refractivity contribution in [1.29, 1.82) is 15.8 Å². The molecule has 5 rings (SSSR count). The third-order valence-corrected chi connectivity index (χ3v) is 7.45. The van der Waals surface area contributed by atoms with Crippen LogP contribution in [0.15, 0.2) is 71.1 Å². The summed E-state index contributed by atoms with van der Waals surface area (Å²) in [4.78, 5) is 32.0. The van der Waals surface area contributed by atoms with Gasteiger partial charge in [-0.25, -0.2) is 4.85 Å². The summed E-state index contributed by atoms with van der Waals surface area (Å²) in [5.74, 6) is -0.321. The van der Waals surface area contributed by atoms with Gasteiger partial charge in [0.2, 0.25) is 0 Å². The molecule has 0 N–H and O–H groups in total. The largest absolute Gasteiger partial charge is 0.512 e. The van der Waals surface area contributed by atoms with Crippen LogP contribution < -0.4 is 10.4 Å². The molecule has 2 aliphatic rings. The number of hydrogen-bond acceptors (Lipinski definition) is 7. The van der Waals surface area contributed by atoms with Crippen LogP contribution in [-0.4, -0.2) is 9.85 Å². The van der Waals surface area contributed by atoms with E-state index in [1.807, 2.05) is 12.1 Å². The van der Waals surface area contributed by atoms with E-state index in [-0.39, 0.29) is 58.0 Å². The molecule has 204 valence electrons. The highest BCUT2D eigenvalue weighted by molar-refractivity contribution is 5.95. The number of hydrogen-bond donors (Lipinski definition) is 0. The summed E-state index contributed by atoms with van der Waals surface area (Å²) in [5.41, 5.74) is 2.27. The van der Waals surface area contributed by atoms with E-state index in [9.17, 15) is 36.0 Å². The lowest BCUT2D eigenvalue weighted by Gasteiger charge is -2.16. The maximum Gasteiger partial charge on any atom is 0.512 e. The van der Waals surface area contributed by atoms with E-state index in [1.54, 1.807) is 0 Å². The number of nitriles is 3. The van der Waals surface area contributed by atoms with Gasteiger partial charge in [0.25, 0.3) is 11.4 Å². The molecular formula is C32H12N8O4. The highest BCUT2D eigenvalue weighted by atomic mass is 16.6.